The molecule has 180 valence electrons. The molecule has 11 nitrogen and oxygen atoms in total. The van der Waals surface area contributed by atoms with Gasteiger partial charge in [0.25, 0.3) is 0 Å². The highest BCUT2D eigenvalue weighted by atomic mass is 35.5. The molecule has 3 aromatic rings. The van der Waals surface area contributed by atoms with E-state index < -0.39 is 37.1 Å². The smallest absolute Gasteiger partial charge is 0.419 e. The normalized spacial score (nSPS) is 11.2. The summed E-state index contributed by atoms with van der Waals surface area (Å²) >= 11 is 6.24. The van der Waals surface area contributed by atoms with Crippen LogP contribution in [0.3, 0.4) is 0 Å². The van der Waals surface area contributed by atoms with Gasteiger partial charge in [-0.3, -0.25) is 14.3 Å². The molecule has 33 heavy (non-hydrogen) atoms. The Balaban J connectivity index is 0.000000414. The van der Waals surface area contributed by atoms with Gasteiger partial charge in [-0.15, -0.1) is 0 Å². The van der Waals surface area contributed by atoms with Gasteiger partial charge in [-0.2, -0.15) is 0 Å². The number of ether oxygens (including phenoxy) is 1. The number of carboxylic acid groups (broad SMARTS) is 1. The number of nitrogens with zero attached hydrogens (tertiary/aromatic N) is 2. The first-order chi connectivity index (χ1) is 15.6. The summed E-state index contributed by atoms with van der Waals surface area (Å²) in [4.78, 5) is 26.8. The highest BCUT2D eigenvalue weighted by molar-refractivity contribution is 6.32. The average molecular weight is 484 g/mol. The van der Waals surface area contributed by atoms with E-state index in [-0.39, 0.29) is 25.2 Å². The first-order valence-corrected chi connectivity index (χ1v) is 10.2. The van der Waals surface area contributed by atoms with Crippen molar-refractivity contribution < 1.29 is 34.4 Å². The van der Waals surface area contributed by atoms with Gasteiger partial charge < -0.3 is 35.3 Å². The molecule has 0 spiro atoms. The Morgan fingerprint density at radius 1 is 1.27 bits per heavy atom. The molecule has 1 aromatic carbocycles. The number of aliphatic carboxylic acids is 1. The maximum atomic E-state index is 11.9. The van der Waals surface area contributed by atoms with E-state index in [1.165, 1.54) is 16.7 Å². The van der Waals surface area contributed by atoms with Crippen LogP contribution in [0.4, 0.5) is 0 Å². The topological polar surface area (TPSA) is 181 Å². The van der Waals surface area contributed by atoms with Crippen LogP contribution in [-0.4, -0.2) is 61.3 Å². The monoisotopic (exact) mass is 483 g/mol. The molecule has 0 unspecified atom stereocenters. The number of benzene rings is 1. The van der Waals surface area contributed by atoms with Gasteiger partial charge in [0.05, 0.1) is 42.3 Å². The fraction of sp³-hybridized carbons (Fsp3) is 0.381. The quantitative estimate of drug-likeness (QED) is 0.290. The Labute approximate surface area is 193 Å². The number of aromatic nitrogens is 2. The van der Waals surface area contributed by atoms with Crippen molar-refractivity contribution in [2.24, 2.45) is 5.73 Å². The number of fused-ring (bicyclic) bond motifs is 1. The number of aliphatic hydroxyl groups excluding tert-OH is 3. The summed E-state index contributed by atoms with van der Waals surface area (Å²) in [5.41, 5.74) is 6.43. The third-order valence-electron chi connectivity index (χ3n) is 4.72. The van der Waals surface area contributed by atoms with E-state index in [1.54, 1.807) is 6.20 Å². The highest BCUT2D eigenvalue weighted by Gasteiger charge is 2.20. The highest BCUT2D eigenvalue weighted by Crippen LogP contribution is 2.30. The summed E-state index contributed by atoms with van der Waals surface area (Å²) in [7, 11) is 0. The molecule has 0 aliphatic carbocycles. The van der Waals surface area contributed by atoms with Crippen LogP contribution in [-0.2, 0) is 17.9 Å². The summed E-state index contributed by atoms with van der Waals surface area (Å²) in [6, 6.07) is 6.78. The van der Waals surface area contributed by atoms with Crippen molar-refractivity contribution in [3.63, 3.8) is 0 Å². The van der Waals surface area contributed by atoms with Crippen LogP contribution in [0.2, 0.25) is 5.02 Å². The SMILES string of the molecule is Cc1ncccc1COc1cc2oc(=O)n(CCC(=O)O)c2cc1Cl.NC(CO)(CO)CO. The predicted octanol–water partition coefficient (Wildman–Crippen LogP) is 0.666. The van der Waals surface area contributed by atoms with Crippen LogP contribution in [0.25, 0.3) is 11.1 Å². The number of carboxylic acids is 1. The minimum Gasteiger partial charge on any atom is -0.487 e. The number of oxazole rings is 1. The van der Waals surface area contributed by atoms with Gasteiger partial charge in [0, 0.05) is 30.1 Å². The minimum atomic E-state index is -1.21. The largest absolute Gasteiger partial charge is 0.487 e. The predicted molar refractivity (Wildman–Crippen MR) is 119 cm³/mol. The van der Waals surface area contributed by atoms with Crippen LogP contribution in [0, 0.1) is 6.92 Å². The standard InChI is InChI=1S/C17H15ClN2O5.C4H11NO3/c1-10-11(3-2-5-19-10)9-24-14-8-15-13(7-12(14)18)20(17(23)25-15)6-4-16(21)22;5-4(1-6,2-7)3-8/h2-3,5,7-8H,4,6,9H2,1H3,(H,21,22);6-8H,1-3,5H2. The lowest BCUT2D eigenvalue weighted by Gasteiger charge is -2.20. The fourth-order valence-corrected chi connectivity index (χ4v) is 2.78. The second-order valence-corrected chi connectivity index (χ2v) is 7.69. The fourth-order valence-electron chi connectivity index (χ4n) is 2.57. The molecule has 0 amide bonds. The number of halogens is 1. The molecular formula is C21H26ClN3O8. The summed E-state index contributed by atoms with van der Waals surface area (Å²) < 4.78 is 12.1. The molecule has 0 atom stereocenters. The lowest BCUT2D eigenvalue weighted by Crippen LogP contribution is -2.50. The Kier molecular flexibility index (Phi) is 9.38. The molecule has 0 radical (unpaired) electrons. The van der Waals surface area contributed by atoms with Gasteiger partial charge >= 0.3 is 11.7 Å². The van der Waals surface area contributed by atoms with Crippen LogP contribution in [0.15, 0.2) is 39.7 Å². The molecular weight excluding hydrogens is 458 g/mol. The molecule has 3 rings (SSSR count). The van der Waals surface area contributed by atoms with E-state index in [9.17, 15) is 9.59 Å². The molecule has 0 aliphatic heterocycles. The number of nitrogens with two attached hydrogens (primary N) is 1. The number of carbonyl (C=O) groups is 1. The lowest BCUT2D eigenvalue weighted by molar-refractivity contribution is -0.137. The zero-order chi connectivity index (χ0) is 24.6. The maximum absolute atomic E-state index is 11.9. The minimum absolute atomic E-state index is 0.00653. The zero-order valence-electron chi connectivity index (χ0n) is 17.9. The van der Waals surface area contributed by atoms with E-state index >= 15 is 0 Å². The van der Waals surface area contributed by atoms with Crippen LogP contribution >= 0.6 is 11.6 Å². The van der Waals surface area contributed by atoms with Crippen molar-refractivity contribution in [1.82, 2.24) is 9.55 Å². The Morgan fingerprint density at radius 3 is 2.48 bits per heavy atom. The molecule has 0 saturated carbocycles. The second kappa shape index (κ2) is 11.8. The molecule has 2 aromatic heterocycles. The van der Waals surface area contributed by atoms with Crippen molar-refractivity contribution in [1.29, 1.82) is 0 Å². The van der Waals surface area contributed by atoms with Gasteiger partial charge in [-0.05, 0) is 19.1 Å². The third kappa shape index (κ3) is 7.01. The average Bonchev–Trinajstić information content (AvgIpc) is 3.10. The molecule has 6 N–H and O–H groups in total. The van der Waals surface area contributed by atoms with Crippen molar-refractivity contribution in [2.75, 3.05) is 19.8 Å². The summed E-state index contributed by atoms with van der Waals surface area (Å²) in [6.07, 6.45) is 1.51. The van der Waals surface area contributed by atoms with E-state index in [2.05, 4.69) is 4.98 Å². The Hall–Kier alpha value is -2.96. The third-order valence-corrected chi connectivity index (χ3v) is 5.01. The number of pyridine rings is 1. The van der Waals surface area contributed by atoms with Gasteiger partial charge in [-0.1, -0.05) is 17.7 Å². The van der Waals surface area contributed by atoms with Gasteiger partial charge in [0.2, 0.25) is 0 Å². The number of hydrogen-bond acceptors (Lipinski definition) is 9. The Bertz CT molecular complexity index is 1130. The summed E-state index contributed by atoms with van der Waals surface area (Å²) in [5.74, 6) is -1.26. The van der Waals surface area contributed by atoms with Gasteiger partial charge in [-0.25, -0.2) is 4.79 Å². The van der Waals surface area contributed by atoms with E-state index in [4.69, 9.17) is 46.9 Å². The lowest BCUT2D eigenvalue weighted by atomic mass is 10.1. The first-order valence-electron chi connectivity index (χ1n) is 9.83. The number of aliphatic hydroxyl groups is 3. The maximum Gasteiger partial charge on any atom is 0.419 e. The van der Waals surface area contributed by atoms with Crippen LogP contribution in [0.5, 0.6) is 5.75 Å². The van der Waals surface area contributed by atoms with Gasteiger partial charge in [0.1, 0.15) is 12.4 Å². The molecule has 0 bridgehead atoms. The van der Waals surface area contributed by atoms with Crippen LogP contribution < -0.4 is 16.2 Å². The number of rotatable bonds is 9. The number of hydrogen-bond donors (Lipinski definition) is 5. The molecule has 2 heterocycles. The summed E-state index contributed by atoms with van der Waals surface area (Å²) in [6.45, 7) is 0.951. The molecule has 0 fully saturated rings. The van der Waals surface area contributed by atoms with E-state index in [0.717, 1.165) is 11.3 Å². The first kappa shape index (κ1) is 26.3. The second-order valence-electron chi connectivity index (χ2n) is 7.29. The van der Waals surface area contributed by atoms with Crippen LogP contribution in [0.1, 0.15) is 17.7 Å². The van der Waals surface area contributed by atoms with Crippen molar-refractivity contribution in [3.8, 4) is 5.75 Å². The Morgan fingerprint density at radius 2 is 1.94 bits per heavy atom. The van der Waals surface area contributed by atoms with Crippen molar-refractivity contribution >= 4 is 28.7 Å². The van der Waals surface area contributed by atoms with E-state index in [1.807, 2.05) is 19.1 Å². The van der Waals surface area contributed by atoms with Crippen molar-refractivity contribution in [3.05, 3.63) is 57.3 Å². The van der Waals surface area contributed by atoms with Crippen molar-refractivity contribution in [2.45, 2.75) is 32.0 Å². The summed E-state index contributed by atoms with van der Waals surface area (Å²) in [5, 5.41) is 34.1. The zero-order valence-corrected chi connectivity index (χ0v) is 18.7. The van der Waals surface area contributed by atoms with Gasteiger partial charge in [0.15, 0.2) is 5.58 Å². The number of aryl methyl sites for hydroxylation is 2. The molecule has 0 aliphatic rings. The molecule has 0 saturated heterocycles. The van der Waals surface area contributed by atoms with E-state index in [0.29, 0.717) is 16.3 Å². The molecule has 12 heteroatoms.